The molecule has 0 spiro atoms. The van der Waals surface area contributed by atoms with Gasteiger partial charge in [0.05, 0.1) is 18.8 Å². The summed E-state index contributed by atoms with van der Waals surface area (Å²) in [5.74, 6) is -0.339. The molecule has 0 N–H and O–H groups in total. The fraction of sp³-hybridized carbons (Fsp3) is 0.444. The molecular weight excluding hydrogens is 200 g/mol. The van der Waals surface area contributed by atoms with Gasteiger partial charge in [-0.1, -0.05) is 5.16 Å². The highest BCUT2D eigenvalue weighted by molar-refractivity contribution is 5.90. The summed E-state index contributed by atoms with van der Waals surface area (Å²) >= 11 is 0. The molecular formula is C9H10N2O4. The van der Waals surface area contributed by atoms with Gasteiger partial charge in [-0.25, -0.2) is 0 Å². The highest BCUT2D eigenvalue weighted by atomic mass is 16.6. The van der Waals surface area contributed by atoms with E-state index in [1.807, 2.05) is 0 Å². The molecule has 80 valence electrons. The molecule has 6 heteroatoms. The molecule has 1 fully saturated rings. The molecule has 1 aromatic heterocycles. The molecule has 6 nitrogen and oxygen atoms in total. The zero-order valence-electron chi connectivity index (χ0n) is 8.23. The van der Waals surface area contributed by atoms with Crippen LogP contribution in [0.5, 0.6) is 0 Å². The molecule has 0 atom stereocenters. The second-order valence-corrected chi connectivity index (χ2v) is 3.42. The minimum absolute atomic E-state index is 0.109. The van der Waals surface area contributed by atoms with Crippen LogP contribution in [0.2, 0.25) is 0 Å². The Balaban J connectivity index is 2.00. The Kier molecular flexibility index (Phi) is 2.51. The molecule has 0 bridgehead atoms. The van der Waals surface area contributed by atoms with E-state index >= 15 is 0 Å². The normalized spacial score (nSPS) is 17.9. The Morgan fingerprint density at radius 1 is 1.40 bits per heavy atom. The SMILES string of the molecule is Cc1cc(CN2CC(=O)OC(=O)C2)no1. The maximum atomic E-state index is 11.0. The van der Waals surface area contributed by atoms with Crippen molar-refractivity contribution in [2.24, 2.45) is 0 Å². The molecule has 0 radical (unpaired) electrons. The van der Waals surface area contributed by atoms with Crippen LogP contribution >= 0.6 is 0 Å². The van der Waals surface area contributed by atoms with Crippen molar-refractivity contribution < 1.29 is 18.8 Å². The summed E-state index contributed by atoms with van der Waals surface area (Å²) in [6, 6.07) is 1.77. The number of esters is 2. The van der Waals surface area contributed by atoms with E-state index in [0.717, 1.165) is 0 Å². The van der Waals surface area contributed by atoms with Crippen LogP contribution in [0.4, 0.5) is 0 Å². The number of morpholine rings is 1. The van der Waals surface area contributed by atoms with Gasteiger partial charge in [0.15, 0.2) is 0 Å². The first kappa shape index (κ1) is 9.85. The average Bonchev–Trinajstić information content (AvgIpc) is 2.49. The van der Waals surface area contributed by atoms with Gasteiger partial charge in [0.1, 0.15) is 5.76 Å². The van der Waals surface area contributed by atoms with Crippen molar-refractivity contribution >= 4 is 11.9 Å². The zero-order valence-corrected chi connectivity index (χ0v) is 8.23. The van der Waals surface area contributed by atoms with Crippen LogP contribution in [0, 0.1) is 6.92 Å². The van der Waals surface area contributed by atoms with E-state index in [1.165, 1.54) is 0 Å². The van der Waals surface area contributed by atoms with Crippen LogP contribution in [0.25, 0.3) is 0 Å². The van der Waals surface area contributed by atoms with Crippen LogP contribution in [0.3, 0.4) is 0 Å². The summed E-state index contributed by atoms with van der Waals surface area (Å²) in [6.45, 7) is 2.42. The fourth-order valence-electron chi connectivity index (χ4n) is 1.45. The van der Waals surface area contributed by atoms with Gasteiger partial charge < -0.3 is 9.26 Å². The topological polar surface area (TPSA) is 72.6 Å². The minimum Gasteiger partial charge on any atom is -0.391 e. The molecule has 1 saturated heterocycles. The number of hydrogen-bond acceptors (Lipinski definition) is 6. The molecule has 0 aromatic carbocycles. The summed E-state index contributed by atoms with van der Waals surface area (Å²) in [5.41, 5.74) is 0.704. The number of carbonyl (C=O) groups is 2. The number of rotatable bonds is 2. The van der Waals surface area contributed by atoms with Crippen molar-refractivity contribution in [3.63, 3.8) is 0 Å². The minimum atomic E-state index is -0.522. The number of nitrogens with zero attached hydrogens (tertiary/aromatic N) is 2. The monoisotopic (exact) mass is 210 g/mol. The smallest absolute Gasteiger partial charge is 0.327 e. The van der Waals surface area contributed by atoms with Crippen LogP contribution in [0.15, 0.2) is 10.6 Å². The van der Waals surface area contributed by atoms with Gasteiger partial charge in [-0.3, -0.25) is 14.5 Å². The first-order chi connectivity index (χ1) is 7.13. The van der Waals surface area contributed by atoms with Crippen LogP contribution in [-0.4, -0.2) is 35.1 Å². The third-order valence-corrected chi connectivity index (χ3v) is 2.00. The van der Waals surface area contributed by atoms with Crippen molar-refractivity contribution in [2.45, 2.75) is 13.5 Å². The predicted octanol–water partition coefficient (Wildman–Crippen LogP) is -0.132. The van der Waals surface area contributed by atoms with E-state index in [4.69, 9.17) is 4.52 Å². The molecule has 0 saturated carbocycles. The quantitative estimate of drug-likeness (QED) is 0.500. The largest absolute Gasteiger partial charge is 0.391 e. The van der Waals surface area contributed by atoms with Crippen molar-refractivity contribution in [1.29, 1.82) is 0 Å². The second kappa shape index (κ2) is 3.82. The van der Waals surface area contributed by atoms with Crippen molar-refractivity contribution in [3.05, 3.63) is 17.5 Å². The van der Waals surface area contributed by atoms with Gasteiger partial charge >= 0.3 is 11.9 Å². The maximum Gasteiger partial charge on any atom is 0.327 e. The van der Waals surface area contributed by atoms with E-state index in [1.54, 1.807) is 17.9 Å². The Morgan fingerprint density at radius 3 is 2.60 bits per heavy atom. The predicted molar refractivity (Wildman–Crippen MR) is 47.6 cm³/mol. The molecule has 0 aliphatic carbocycles. The van der Waals surface area contributed by atoms with Gasteiger partial charge in [0.25, 0.3) is 0 Å². The molecule has 0 amide bonds. The lowest BCUT2D eigenvalue weighted by atomic mass is 10.3. The zero-order chi connectivity index (χ0) is 10.8. The molecule has 15 heavy (non-hydrogen) atoms. The summed E-state index contributed by atoms with van der Waals surface area (Å²) < 4.78 is 9.28. The fourth-order valence-corrected chi connectivity index (χ4v) is 1.45. The molecule has 2 rings (SSSR count). The van der Waals surface area contributed by atoms with Gasteiger partial charge in [0, 0.05) is 12.6 Å². The van der Waals surface area contributed by atoms with Crippen LogP contribution in [0.1, 0.15) is 11.5 Å². The van der Waals surface area contributed by atoms with Crippen molar-refractivity contribution in [3.8, 4) is 0 Å². The summed E-state index contributed by atoms with van der Waals surface area (Å²) in [5, 5.41) is 3.78. The van der Waals surface area contributed by atoms with Gasteiger partial charge in [-0.05, 0) is 6.92 Å². The first-order valence-corrected chi connectivity index (χ1v) is 4.51. The van der Waals surface area contributed by atoms with Gasteiger partial charge in [-0.15, -0.1) is 0 Å². The van der Waals surface area contributed by atoms with E-state index in [2.05, 4.69) is 9.89 Å². The van der Waals surface area contributed by atoms with E-state index in [0.29, 0.717) is 18.0 Å². The third kappa shape index (κ3) is 2.41. The lowest BCUT2D eigenvalue weighted by molar-refractivity contribution is -0.167. The highest BCUT2D eigenvalue weighted by Crippen LogP contribution is 2.08. The number of hydrogen-bond donors (Lipinski definition) is 0. The van der Waals surface area contributed by atoms with Crippen LogP contribution < -0.4 is 0 Å². The number of aromatic nitrogens is 1. The standard InChI is InChI=1S/C9H10N2O4/c1-6-2-7(10-15-6)3-11-4-8(12)14-9(13)5-11/h2H,3-5H2,1H3. The number of cyclic esters (lactones) is 2. The lowest BCUT2D eigenvalue weighted by Crippen LogP contribution is -2.42. The van der Waals surface area contributed by atoms with Gasteiger partial charge in [0.2, 0.25) is 0 Å². The molecule has 1 aliphatic heterocycles. The average molecular weight is 210 g/mol. The molecule has 1 aromatic rings. The first-order valence-electron chi connectivity index (χ1n) is 4.51. The Labute approximate surface area is 85.8 Å². The van der Waals surface area contributed by atoms with Gasteiger partial charge in [-0.2, -0.15) is 0 Å². The van der Waals surface area contributed by atoms with E-state index < -0.39 is 11.9 Å². The number of aryl methyl sites for hydroxylation is 1. The Morgan fingerprint density at radius 2 is 2.07 bits per heavy atom. The van der Waals surface area contributed by atoms with Crippen molar-refractivity contribution in [2.75, 3.05) is 13.1 Å². The maximum absolute atomic E-state index is 11.0. The third-order valence-electron chi connectivity index (χ3n) is 2.00. The molecule has 1 aliphatic rings. The van der Waals surface area contributed by atoms with Crippen LogP contribution in [-0.2, 0) is 20.9 Å². The lowest BCUT2D eigenvalue weighted by Gasteiger charge is -2.22. The summed E-state index contributed by atoms with van der Waals surface area (Å²) in [6.07, 6.45) is 0. The second-order valence-electron chi connectivity index (χ2n) is 3.42. The number of ether oxygens (including phenoxy) is 1. The Hall–Kier alpha value is -1.69. The molecule has 0 unspecified atom stereocenters. The molecule has 2 heterocycles. The Bertz CT molecular complexity index is 383. The summed E-state index contributed by atoms with van der Waals surface area (Å²) in [7, 11) is 0. The van der Waals surface area contributed by atoms with Crippen molar-refractivity contribution in [1.82, 2.24) is 10.1 Å². The van der Waals surface area contributed by atoms with E-state index in [-0.39, 0.29) is 13.1 Å². The highest BCUT2D eigenvalue weighted by Gasteiger charge is 2.25. The summed E-state index contributed by atoms with van der Waals surface area (Å²) in [4.78, 5) is 23.6. The van der Waals surface area contributed by atoms with E-state index in [9.17, 15) is 9.59 Å². The number of carbonyl (C=O) groups excluding carboxylic acids is 2.